The van der Waals surface area contributed by atoms with E-state index in [9.17, 15) is 0 Å². The molecule has 0 saturated heterocycles. The summed E-state index contributed by atoms with van der Waals surface area (Å²) in [6, 6.07) is 11.7. The molecule has 1 unspecified atom stereocenters. The fourth-order valence-corrected chi connectivity index (χ4v) is 3.33. The molecule has 0 amide bonds. The van der Waals surface area contributed by atoms with Crippen LogP contribution in [0.25, 0.3) is 11.0 Å². The Balaban J connectivity index is 1.59. The Hall–Kier alpha value is -2.50. The van der Waals surface area contributed by atoms with Crippen LogP contribution in [-0.2, 0) is 0 Å². The fourth-order valence-electron chi connectivity index (χ4n) is 3.12. The first kappa shape index (κ1) is 16.0. The van der Waals surface area contributed by atoms with Crippen molar-refractivity contribution in [3.8, 4) is 11.5 Å². The lowest BCUT2D eigenvalue weighted by Gasteiger charge is -2.27. The lowest BCUT2D eigenvalue weighted by atomic mass is 10.2. The van der Waals surface area contributed by atoms with Gasteiger partial charge < -0.3 is 19.9 Å². The van der Waals surface area contributed by atoms with Crippen molar-refractivity contribution in [2.75, 3.05) is 18.0 Å². The molecule has 2 aromatic carbocycles. The highest BCUT2D eigenvalue weighted by Gasteiger charge is 2.20. The van der Waals surface area contributed by atoms with E-state index >= 15 is 0 Å². The summed E-state index contributed by atoms with van der Waals surface area (Å²) in [5.41, 5.74) is 7.44. The van der Waals surface area contributed by atoms with E-state index in [1.807, 2.05) is 36.4 Å². The van der Waals surface area contributed by atoms with Crippen molar-refractivity contribution in [2.45, 2.75) is 12.5 Å². The highest BCUT2D eigenvalue weighted by atomic mass is 35.5. The Morgan fingerprint density at radius 3 is 3.04 bits per heavy atom. The molecule has 0 radical (unpaired) electrons. The molecular weight excluding hydrogens is 338 g/mol. The Bertz CT molecular complexity index is 922. The molecule has 0 saturated carbocycles. The third-order valence-electron chi connectivity index (χ3n) is 4.35. The van der Waals surface area contributed by atoms with Gasteiger partial charge in [-0.2, -0.15) is 0 Å². The summed E-state index contributed by atoms with van der Waals surface area (Å²) in [5, 5.41) is 5.18. The Kier molecular flexibility index (Phi) is 4.34. The molecule has 1 aromatic heterocycles. The molecule has 128 valence electrons. The molecule has 1 aliphatic heterocycles. The summed E-state index contributed by atoms with van der Waals surface area (Å²) in [6.07, 6.45) is 6.91. The predicted octanol–water partition coefficient (Wildman–Crippen LogP) is 4.37. The smallest absolute Gasteiger partial charge is 0.170 e. The van der Waals surface area contributed by atoms with E-state index in [0.717, 1.165) is 24.0 Å². The van der Waals surface area contributed by atoms with E-state index < -0.39 is 0 Å². The third-order valence-corrected chi connectivity index (χ3v) is 4.64. The van der Waals surface area contributed by atoms with Gasteiger partial charge in [0.1, 0.15) is 11.5 Å². The van der Waals surface area contributed by atoms with E-state index in [0.29, 0.717) is 34.7 Å². The predicted molar refractivity (Wildman–Crippen MR) is 99.5 cm³/mol. The molecule has 1 atom stereocenters. The standard InChI is InChI=1S/C19H18ClN3O2/c20-16-11-14(23-10-2-3-13(23)8-9-21)6-7-19(16)24-17-4-1-5-18-15(17)12-22-25-18/h1-7,11-13H,8-10,21H2. The monoisotopic (exact) mass is 355 g/mol. The van der Waals surface area contributed by atoms with Crippen LogP contribution in [0, 0.1) is 0 Å². The van der Waals surface area contributed by atoms with Gasteiger partial charge in [-0.3, -0.25) is 0 Å². The highest BCUT2D eigenvalue weighted by molar-refractivity contribution is 6.32. The zero-order chi connectivity index (χ0) is 17.2. The fraction of sp³-hybridized carbons (Fsp3) is 0.211. The molecule has 2 N–H and O–H groups in total. The number of ether oxygens (including phenoxy) is 1. The van der Waals surface area contributed by atoms with Crippen LogP contribution in [0.1, 0.15) is 6.42 Å². The maximum atomic E-state index is 6.47. The third kappa shape index (κ3) is 3.08. The molecule has 1 aliphatic rings. The summed E-state index contributed by atoms with van der Waals surface area (Å²) in [6.45, 7) is 1.52. The molecule has 0 aliphatic carbocycles. The van der Waals surface area contributed by atoms with Gasteiger partial charge in [0.2, 0.25) is 0 Å². The van der Waals surface area contributed by atoms with Crippen molar-refractivity contribution in [1.82, 2.24) is 5.16 Å². The van der Waals surface area contributed by atoms with Crippen LogP contribution in [0.15, 0.2) is 59.3 Å². The lowest BCUT2D eigenvalue weighted by molar-refractivity contribution is 0.456. The minimum Gasteiger partial charge on any atom is -0.455 e. The van der Waals surface area contributed by atoms with Gasteiger partial charge in [-0.15, -0.1) is 0 Å². The number of anilines is 1. The van der Waals surface area contributed by atoms with Gasteiger partial charge in [0, 0.05) is 18.3 Å². The maximum absolute atomic E-state index is 6.47. The van der Waals surface area contributed by atoms with Gasteiger partial charge in [0.15, 0.2) is 5.58 Å². The molecule has 0 fully saturated rings. The number of hydrogen-bond donors (Lipinski definition) is 1. The van der Waals surface area contributed by atoms with Crippen molar-refractivity contribution in [3.05, 3.63) is 59.8 Å². The first-order chi connectivity index (χ1) is 12.3. The number of hydrogen-bond acceptors (Lipinski definition) is 5. The number of nitrogens with two attached hydrogens (primary N) is 1. The van der Waals surface area contributed by atoms with Crippen LogP contribution in [0.4, 0.5) is 5.69 Å². The SMILES string of the molecule is NCCC1C=CCN1c1ccc(Oc2cccc3oncc23)c(Cl)c1. The number of fused-ring (bicyclic) bond motifs is 1. The second-order valence-corrected chi connectivity index (χ2v) is 6.34. The van der Waals surface area contributed by atoms with Crippen LogP contribution in [0.2, 0.25) is 5.02 Å². The minimum atomic E-state index is 0.318. The topological polar surface area (TPSA) is 64.5 Å². The molecule has 4 rings (SSSR count). The van der Waals surface area contributed by atoms with Gasteiger partial charge in [0.25, 0.3) is 0 Å². The number of aromatic nitrogens is 1. The van der Waals surface area contributed by atoms with E-state index in [1.165, 1.54) is 0 Å². The molecule has 2 heterocycles. The highest BCUT2D eigenvalue weighted by Crippen LogP contribution is 2.36. The van der Waals surface area contributed by atoms with E-state index in [1.54, 1.807) is 6.20 Å². The van der Waals surface area contributed by atoms with Crippen molar-refractivity contribution in [3.63, 3.8) is 0 Å². The quantitative estimate of drug-likeness (QED) is 0.688. The second kappa shape index (κ2) is 6.78. The summed E-state index contributed by atoms with van der Waals surface area (Å²) >= 11 is 6.47. The number of benzene rings is 2. The summed E-state index contributed by atoms with van der Waals surface area (Å²) in [4.78, 5) is 2.28. The molecule has 5 nitrogen and oxygen atoms in total. The normalized spacial score (nSPS) is 16.7. The summed E-state index contributed by atoms with van der Waals surface area (Å²) in [5.74, 6) is 1.26. The van der Waals surface area contributed by atoms with Crippen LogP contribution >= 0.6 is 11.6 Å². The Labute approximate surface area is 150 Å². The zero-order valence-corrected chi connectivity index (χ0v) is 14.3. The molecule has 0 spiro atoms. The van der Waals surface area contributed by atoms with Gasteiger partial charge in [-0.1, -0.05) is 35.0 Å². The summed E-state index contributed by atoms with van der Waals surface area (Å²) in [7, 11) is 0. The first-order valence-corrected chi connectivity index (χ1v) is 8.58. The van der Waals surface area contributed by atoms with Crippen molar-refractivity contribution in [1.29, 1.82) is 0 Å². The van der Waals surface area contributed by atoms with Gasteiger partial charge in [-0.05, 0) is 43.3 Å². The van der Waals surface area contributed by atoms with E-state index in [2.05, 4.69) is 22.2 Å². The molecule has 25 heavy (non-hydrogen) atoms. The van der Waals surface area contributed by atoms with Crippen LogP contribution < -0.4 is 15.4 Å². The Morgan fingerprint density at radius 2 is 2.20 bits per heavy atom. The largest absolute Gasteiger partial charge is 0.455 e. The zero-order valence-electron chi connectivity index (χ0n) is 13.6. The molecule has 3 aromatic rings. The van der Waals surface area contributed by atoms with Gasteiger partial charge >= 0.3 is 0 Å². The van der Waals surface area contributed by atoms with Crippen molar-refractivity contribution >= 4 is 28.3 Å². The second-order valence-electron chi connectivity index (χ2n) is 5.94. The van der Waals surface area contributed by atoms with Gasteiger partial charge in [0.05, 0.1) is 16.6 Å². The first-order valence-electron chi connectivity index (χ1n) is 8.20. The average Bonchev–Trinajstić information content (AvgIpc) is 3.26. The number of rotatable bonds is 5. The van der Waals surface area contributed by atoms with Crippen LogP contribution in [-0.4, -0.2) is 24.3 Å². The molecular formula is C19H18ClN3O2. The van der Waals surface area contributed by atoms with Crippen molar-refractivity contribution in [2.24, 2.45) is 5.73 Å². The number of halogens is 1. The molecule has 0 bridgehead atoms. The van der Waals surface area contributed by atoms with Gasteiger partial charge in [-0.25, -0.2) is 0 Å². The average molecular weight is 356 g/mol. The maximum Gasteiger partial charge on any atom is 0.170 e. The van der Waals surface area contributed by atoms with Crippen LogP contribution in [0.5, 0.6) is 11.5 Å². The Morgan fingerprint density at radius 1 is 1.28 bits per heavy atom. The van der Waals surface area contributed by atoms with E-state index in [-0.39, 0.29) is 0 Å². The molecule has 6 heteroatoms. The van der Waals surface area contributed by atoms with Crippen LogP contribution in [0.3, 0.4) is 0 Å². The van der Waals surface area contributed by atoms with E-state index in [4.69, 9.17) is 26.6 Å². The number of nitrogens with zero attached hydrogens (tertiary/aromatic N) is 2. The lowest BCUT2D eigenvalue weighted by Crippen LogP contribution is -2.31. The minimum absolute atomic E-state index is 0.318. The van der Waals surface area contributed by atoms with Crippen molar-refractivity contribution < 1.29 is 9.26 Å². The summed E-state index contributed by atoms with van der Waals surface area (Å²) < 4.78 is 11.1.